The highest BCUT2D eigenvalue weighted by atomic mass is 32.1. The summed E-state index contributed by atoms with van der Waals surface area (Å²) in [6.45, 7) is 2.31. The van der Waals surface area contributed by atoms with Crippen LogP contribution in [-0.4, -0.2) is 49.6 Å². The molecule has 1 aliphatic heterocycles. The van der Waals surface area contributed by atoms with Gasteiger partial charge in [0.05, 0.1) is 22.9 Å². The molecular weight excluding hydrogens is 556 g/mol. The predicted octanol–water partition coefficient (Wildman–Crippen LogP) is 5.30. The Morgan fingerprint density at radius 1 is 1.00 bits per heavy atom. The van der Waals surface area contributed by atoms with Gasteiger partial charge in [0.2, 0.25) is 5.91 Å². The number of aromatic carboxylic acids is 2. The quantitative estimate of drug-likeness (QED) is 0.181. The van der Waals surface area contributed by atoms with Gasteiger partial charge in [-0.05, 0) is 72.7 Å². The summed E-state index contributed by atoms with van der Waals surface area (Å²) in [7, 11) is 0. The highest BCUT2D eigenvalue weighted by Crippen LogP contribution is 2.40. The predicted molar refractivity (Wildman–Crippen MR) is 159 cm³/mol. The van der Waals surface area contributed by atoms with Crippen LogP contribution < -0.4 is 10.6 Å². The normalized spacial score (nSPS) is 16.2. The molecule has 1 saturated heterocycles. The number of rotatable bonds is 10. The van der Waals surface area contributed by atoms with Crippen molar-refractivity contribution >= 4 is 40.9 Å². The lowest BCUT2D eigenvalue weighted by Gasteiger charge is -2.26. The van der Waals surface area contributed by atoms with Crippen LogP contribution >= 0.6 is 12.2 Å². The Kier molecular flexibility index (Phi) is 8.30. The number of carbonyl (C=O) groups is 3. The van der Waals surface area contributed by atoms with Crippen LogP contribution in [-0.2, 0) is 11.2 Å². The molecule has 11 heteroatoms. The topological polar surface area (TPSA) is 145 Å². The minimum atomic E-state index is -1.25. The summed E-state index contributed by atoms with van der Waals surface area (Å²) in [6.07, 6.45) is 2.62. The van der Waals surface area contributed by atoms with E-state index in [1.165, 1.54) is 12.1 Å². The number of anilines is 1. The largest absolute Gasteiger partial charge is 0.478 e. The van der Waals surface area contributed by atoms with Crippen molar-refractivity contribution in [2.45, 2.75) is 31.8 Å². The zero-order valence-electron chi connectivity index (χ0n) is 22.6. The fraction of sp³-hybridized carbons (Fsp3) is 0.194. The maximum atomic E-state index is 13.0. The molecular formula is C31H28N4O6S. The summed E-state index contributed by atoms with van der Waals surface area (Å²) in [5.41, 5.74) is 2.49. The maximum absolute atomic E-state index is 13.0. The number of hydrogen-bond donors (Lipinski definition) is 4. The number of carboxylic acids is 2. The molecule has 214 valence electrons. The first-order valence-corrected chi connectivity index (χ1v) is 13.7. The average Bonchev–Trinajstić information content (AvgIpc) is 3.61. The first-order valence-electron chi connectivity index (χ1n) is 13.3. The van der Waals surface area contributed by atoms with Gasteiger partial charge < -0.3 is 30.2 Å². The molecule has 0 spiro atoms. The number of aromatic nitrogens is 1. The zero-order valence-corrected chi connectivity index (χ0v) is 23.4. The lowest BCUT2D eigenvalue weighted by atomic mass is 10.0. The van der Waals surface area contributed by atoms with E-state index in [2.05, 4.69) is 15.6 Å². The number of nitrogens with zero attached hydrogens (tertiary/aromatic N) is 2. The Balaban J connectivity index is 1.44. The van der Waals surface area contributed by atoms with Crippen molar-refractivity contribution in [2.75, 3.05) is 11.9 Å². The summed E-state index contributed by atoms with van der Waals surface area (Å²) < 4.78 is 6.23. The number of carboxylic acid groups (broad SMARTS) is 2. The van der Waals surface area contributed by atoms with Crippen LogP contribution in [0.3, 0.4) is 0 Å². The molecule has 10 nitrogen and oxygen atoms in total. The third-order valence-electron chi connectivity index (χ3n) is 7.08. The van der Waals surface area contributed by atoms with Gasteiger partial charge in [-0.25, -0.2) is 9.59 Å². The summed E-state index contributed by atoms with van der Waals surface area (Å²) >= 11 is 5.69. The van der Waals surface area contributed by atoms with Gasteiger partial charge in [-0.3, -0.25) is 9.78 Å². The standard InChI is InChI=1S/C31H28N4O6S/c1-2-18-7-3-4-8-22(18)33-26(36)12-14-35-28(27(34-31(35)42)23-9-5-6-13-32-23)25-11-10-24(41-25)19-15-20(29(37)38)17-21(16-19)30(39)40/h3-11,13,15-17,27-28H,2,12,14H2,1H3,(H,33,36)(H,34,42)(H,37,38)(H,39,40)/t27-,28-/m0/s1. The molecule has 2 aromatic heterocycles. The number of benzene rings is 2. The minimum Gasteiger partial charge on any atom is -0.478 e. The molecule has 4 N–H and O–H groups in total. The van der Waals surface area contributed by atoms with Crippen LogP contribution in [0.1, 0.15) is 63.2 Å². The van der Waals surface area contributed by atoms with Crippen molar-refractivity contribution < 1.29 is 29.0 Å². The van der Waals surface area contributed by atoms with E-state index < -0.39 is 24.0 Å². The van der Waals surface area contributed by atoms with Gasteiger partial charge in [0.15, 0.2) is 5.11 Å². The third-order valence-corrected chi connectivity index (χ3v) is 7.43. The monoisotopic (exact) mass is 584 g/mol. The van der Waals surface area contributed by atoms with Gasteiger partial charge in [0.1, 0.15) is 17.6 Å². The number of furan rings is 1. The zero-order chi connectivity index (χ0) is 29.8. The molecule has 5 rings (SSSR count). The fourth-order valence-electron chi connectivity index (χ4n) is 5.02. The Bertz CT molecular complexity index is 1620. The van der Waals surface area contributed by atoms with Crippen LogP contribution in [0.15, 0.2) is 83.4 Å². The molecule has 4 aromatic rings. The molecule has 1 fully saturated rings. The van der Waals surface area contributed by atoms with E-state index in [9.17, 15) is 24.6 Å². The molecule has 0 saturated carbocycles. The molecule has 0 bridgehead atoms. The Morgan fingerprint density at radius 2 is 1.71 bits per heavy atom. The fourth-order valence-corrected chi connectivity index (χ4v) is 5.36. The van der Waals surface area contributed by atoms with Crippen molar-refractivity contribution in [3.05, 3.63) is 107 Å². The number of para-hydroxylation sites is 1. The van der Waals surface area contributed by atoms with Crippen LogP contribution in [0.2, 0.25) is 0 Å². The second-order valence-corrected chi connectivity index (χ2v) is 10.1. The average molecular weight is 585 g/mol. The SMILES string of the molecule is CCc1ccccc1NC(=O)CCN1C(=S)N[C@@H](c2ccccn2)[C@@H]1c1ccc(-c2cc(C(=O)O)cc(C(=O)O)c2)o1. The number of aryl methyl sites for hydroxylation is 1. The van der Waals surface area contributed by atoms with Crippen LogP contribution in [0.4, 0.5) is 5.69 Å². The van der Waals surface area contributed by atoms with E-state index in [1.807, 2.05) is 54.3 Å². The number of carbonyl (C=O) groups excluding carboxylic acids is 1. The van der Waals surface area contributed by atoms with Gasteiger partial charge in [0.25, 0.3) is 0 Å². The Hall–Kier alpha value is -5.03. The minimum absolute atomic E-state index is 0.154. The lowest BCUT2D eigenvalue weighted by Crippen LogP contribution is -2.32. The first kappa shape index (κ1) is 28.5. The molecule has 0 unspecified atom stereocenters. The molecule has 2 aromatic carbocycles. The number of thiocarbonyl (C=S) groups is 1. The van der Waals surface area contributed by atoms with Crippen molar-refractivity contribution in [3.63, 3.8) is 0 Å². The first-order chi connectivity index (χ1) is 20.2. The highest BCUT2D eigenvalue weighted by Gasteiger charge is 2.41. The van der Waals surface area contributed by atoms with E-state index >= 15 is 0 Å². The van der Waals surface area contributed by atoms with Crippen molar-refractivity contribution in [3.8, 4) is 11.3 Å². The maximum Gasteiger partial charge on any atom is 0.335 e. The number of amides is 1. The third kappa shape index (κ3) is 6.01. The van der Waals surface area contributed by atoms with Gasteiger partial charge in [0, 0.05) is 30.4 Å². The van der Waals surface area contributed by atoms with E-state index in [-0.39, 0.29) is 30.0 Å². The van der Waals surface area contributed by atoms with E-state index in [0.717, 1.165) is 23.7 Å². The molecule has 0 aliphatic carbocycles. The molecule has 2 atom stereocenters. The van der Waals surface area contributed by atoms with Crippen molar-refractivity contribution in [1.82, 2.24) is 15.2 Å². The number of nitrogens with one attached hydrogen (secondary N) is 2. The molecule has 3 heterocycles. The molecule has 42 heavy (non-hydrogen) atoms. The van der Waals surface area contributed by atoms with E-state index in [0.29, 0.717) is 27.9 Å². The Labute approximate surface area is 247 Å². The highest BCUT2D eigenvalue weighted by molar-refractivity contribution is 7.80. The Morgan fingerprint density at radius 3 is 2.38 bits per heavy atom. The van der Waals surface area contributed by atoms with Gasteiger partial charge in [-0.15, -0.1) is 0 Å². The van der Waals surface area contributed by atoms with E-state index in [4.69, 9.17) is 16.6 Å². The van der Waals surface area contributed by atoms with E-state index in [1.54, 1.807) is 18.3 Å². The van der Waals surface area contributed by atoms with Crippen molar-refractivity contribution in [1.29, 1.82) is 0 Å². The summed E-state index contributed by atoms with van der Waals surface area (Å²) in [5, 5.41) is 25.7. The summed E-state index contributed by atoms with van der Waals surface area (Å²) in [4.78, 5) is 42.6. The molecule has 1 aliphatic rings. The summed E-state index contributed by atoms with van der Waals surface area (Å²) in [6, 6.07) is 19.5. The smallest absolute Gasteiger partial charge is 0.335 e. The van der Waals surface area contributed by atoms with Crippen LogP contribution in [0.5, 0.6) is 0 Å². The molecule has 1 amide bonds. The number of pyridine rings is 1. The van der Waals surface area contributed by atoms with Crippen LogP contribution in [0.25, 0.3) is 11.3 Å². The second kappa shape index (κ2) is 12.2. The molecule has 0 radical (unpaired) electrons. The number of hydrogen-bond acceptors (Lipinski definition) is 6. The van der Waals surface area contributed by atoms with Gasteiger partial charge >= 0.3 is 11.9 Å². The van der Waals surface area contributed by atoms with Gasteiger partial charge in [-0.2, -0.15) is 0 Å². The summed E-state index contributed by atoms with van der Waals surface area (Å²) in [5.74, 6) is -1.88. The van der Waals surface area contributed by atoms with Crippen molar-refractivity contribution in [2.24, 2.45) is 0 Å². The van der Waals surface area contributed by atoms with Gasteiger partial charge in [-0.1, -0.05) is 31.2 Å². The lowest BCUT2D eigenvalue weighted by molar-refractivity contribution is -0.116. The van der Waals surface area contributed by atoms with Crippen LogP contribution in [0, 0.1) is 0 Å². The second-order valence-electron chi connectivity index (χ2n) is 9.74.